The maximum absolute atomic E-state index is 12.4. The van der Waals surface area contributed by atoms with Crippen molar-refractivity contribution in [2.45, 2.75) is 26.8 Å². The van der Waals surface area contributed by atoms with Crippen molar-refractivity contribution in [3.8, 4) is 0 Å². The third kappa shape index (κ3) is 3.64. The molecule has 1 atom stereocenters. The molecule has 2 rings (SSSR count). The Hall–Kier alpha value is -1.81. The number of nitrogens with one attached hydrogen (secondary N) is 2. The number of rotatable bonds is 5. The normalized spacial score (nSPS) is 13.6. The highest BCUT2D eigenvalue weighted by Gasteiger charge is 2.28. The van der Waals surface area contributed by atoms with E-state index in [0.717, 1.165) is 17.4 Å². The Morgan fingerprint density at radius 3 is 2.71 bits per heavy atom. The molecule has 0 aliphatic carbocycles. The van der Waals surface area contributed by atoms with Gasteiger partial charge in [-0.3, -0.25) is 4.79 Å². The standard InChI is InChI=1S/C17H25N3O/c1-12(17(2,3)11-20(4)5)19-16(21)14-6-7-15-13(10-14)8-9-18-15/h6-10,12,18H,11H2,1-5H3,(H,19,21)/t12-/m1/s1. The highest BCUT2D eigenvalue weighted by atomic mass is 16.1. The molecule has 1 aromatic carbocycles. The van der Waals surface area contributed by atoms with Gasteiger partial charge in [-0.15, -0.1) is 0 Å². The Balaban J connectivity index is 2.09. The van der Waals surface area contributed by atoms with E-state index < -0.39 is 0 Å². The highest BCUT2D eigenvalue weighted by molar-refractivity contribution is 5.98. The van der Waals surface area contributed by atoms with Crippen molar-refractivity contribution in [1.82, 2.24) is 15.2 Å². The summed E-state index contributed by atoms with van der Waals surface area (Å²) in [4.78, 5) is 17.7. The van der Waals surface area contributed by atoms with Crippen LogP contribution in [0, 0.1) is 5.41 Å². The Labute approximate surface area is 126 Å². The smallest absolute Gasteiger partial charge is 0.251 e. The van der Waals surface area contributed by atoms with Crippen molar-refractivity contribution in [1.29, 1.82) is 0 Å². The van der Waals surface area contributed by atoms with Gasteiger partial charge in [-0.1, -0.05) is 13.8 Å². The fraction of sp³-hybridized carbons (Fsp3) is 0.471. The number of carbonyl (C=O) groups excluding carboxylic acids is 1. The lowest BCUT2D eigenvalue weighted by atomic mass is 9.84. The maximum atomic E-state index is 12.4. The van der Waals surface area contributed by atoms with E-state index in [1.165, 1.54) is 0 Å². The van der Waals surface area contributed by atoms with E-state index in [1.54, 1.807) is 0 Å². The lowest BCUT2D eigenvalue weighted by molar-refractivity contribution is 0.0886. The quantitative estimate of drug-likeness (QED) is 0.888. The minimum atomic E-state index is -0.0163. The number of H-pyrrole nitrogens is 1. The number of fused-ring (bicyclic) bond motifs is 1. The van der Waals surface area contributed by atoms with Crippen LogP contribution in [-0.2, 0) is 0 Å². The summed E-state index contributed by atoms with van der Waals surface area (Å²) >= 11 is 0. The van der Waals surface area contributed by atoms with E-state index in [-0.39, 0.29) is 17.4 Å². The summed E-state index contributed by atoms with van der Waals surface area (Å²) in [5.74, 6) is -0.0163. The van der Waals surface area contributed by atoms with Gasteiger partial charge in [-0.2, -0.15) is 0 Å². The molecule has 1 aromatic heterocycles. The zero-order chi connectivity index (χ0) is 15.6. The van der Waals surface area contributed by atoms with Gasteiger partial charge in [0.1, 0.15) is 0 Å². The van der Waals surface area contributed by atoms with Crippen molar-refractivity contribution in [3.05, 3.63) is 36.0 Å². The van der Waals surface area contributed by atoms with Crippen molar-refractivity contribution in [2.24, 2.45) is 5.41 Å². The van der Waals surface area contributed by atoms with Gasteiger partial charge in [0.15, 0.2) is 0 Å². The zero-order valence-electron chi connectivity index (χ0n) is 13.5. The summed E-state index contributed by atoms with van der Waals surface area (Å²) in [6, 6.07) is 7.80. The molecule has 4 nitrogen and oxygen atoms in total. The van der Waals surface area contributed by atoms with E-state index in [2.05, 4.69) is 50.1 Å². The average molecular weight is 287 g/mol. The number of benzene rings is 1. The molecule has 2 N–H and O–H groups in total. The molecule has 21 heavy (non-hydrogen) atoms. The van der Waals surface area contributed by atoms with Crippen molar-refractivity contribution < 1.29 is 4.79 Å². The number of amides is 1. The molecule has 1 amide bonds. The number of aromatic nitrogens is 1. The summed E-state index contributed by atoms with van der Waals surface area (Å²) < 4.78 is 0. The molecule has 0 unspecified atom stereocenters. The fourth-order valence-corrected chi connectivity index (χ4v) is 2.62. The van der Waals surface area contributed by atoms with Gasteiger partial charge in [0.05, 0.1) is 0 Å². The van der Waals surface area contributed by atoms with Crippen molar-refractivity contribution in [3.63, 3.8) is 0 Å². The first-order valence-corrected chi connectivity index (χ1v) is 7.32. The van der Waals surface area contributed by atoms with Crippen LogP contribution in [0.4, 0.5) is 0 Å². The molecule has 0 aliphatic heterocycles. The molecule has 114 valence electrons. The van der Waals surface area contributed by atoms with Crippen LogP contribution < -0.4 is 5.32 Å². The molecular weight excluding hydrogens is 262 g/mol. The number of nitrogens with zero attached hydrogens (tertiary/aromatic N) is 1. The van der Waals surface area contributed by atoms with Crippen LogP contribution in [0.1, 0.15) is 31.1 Å². The molecule has 4 heteroatoms. The monoisotopic (exact) mass is 287 g/mol. The SMILES string of the molecule is C[C@@H](NC(=O)c1ccc2[nH]ccc2c1)C(C)(C)CN(C)C. The minimum Gasteiger partial charge on any atom is -0.361 e. The van der Waals surface area contributed by atoms with E-state index in [1.807, 2.05) is 30.5 Å². The van der Waals surface area contributed by atoms with Gasteiger partial charge in [0.25, 0.3) is 5.91 Å². The molecule has 1 heterocycles. The van der Waals surface area contributed by atoms with Gasteiger partial charge in [0.2, 0.25) is 0 Å². The second-order valence-corrected chi connectivity index (χ2v) is 6.70. The predicted octanol–water partition coefficient (Wildman–Crippen LogP) is 2.87. The second-order valence-electron chi connectivity index (χ2n) is 6.70. The zero-order valence-corrected chi connectivity index (χ0v) is 13.5. The third-order valence-electron chi connectivity index (χ3n) is 4.06. The maximum Gasteiger partial charge on any atom is 0.251 e. The van der Waals surface area contributed by atoms with Crippen LogP contribution in [0.3, 0.4) is 0 Å². The van der Waals surface area contributed by atoms with Gasteiger partial charge in [-0.25, -0.2) is 0 Å². The Morgan fingerprint density at radius 1 is 1.33 bits per heavy atom. The lowest BCUT2D eigenvalue weighted by Crippen LogP contribution is -2.47. The number of aromatic amines is 1. The topological polar surface area (TPSA) is 48.1 Å². The Kier molecular flexibility index (Phi) is 4.37. The van der Waals surface area contributed by atoms with E-state index >= 15 is 0 Å². The number of hydrogen-bond acceptors (Lipinski definition) is 2. The molecular formula is C17H25N3O. The van der Waals surface area contributed by atoms with Gasteiger partial charge >= 0.3 is 0 Å². The van der Waals surface area contributed by atoms with Crippen LogP contribution >= 0.6 is 0 Å². The first kappa shape index (κ1) is 15.6. The fourth-order valence-electron chi connectivity index (χ4n) is 2.62. The summed E-state index contributed by atoms with van der Waals surface area (Å²) in [5.41, 5.74) is 1.76. The summed E-state index contributed by atoms with van der Waals surface area (Å²) in [6.45, 7) is 7.34. The van der Waals surface area contributed by atoms with Crippen molar-refractivity contribution in [2.75, 3.05) is 20.6 Å². The van der Waals surface area contributed by atoms with Crippen LogP contribution in [0.25, 0.3) is 10.9 Å². The molecule has 0 aliphatic rings. The molecule has 2 aromatic rings. The molecule has 0 saturated carbocycles. The summed E-state index contributed by atoms with van der Waals surface area (Å²) in [7, 11) is 4.10. The van der Waals surface area contributed by atoms with Crippen LogP contribution in [-0.4, -0.2) is 42.5 Å². The van der Waals surface area contributed by atoms with Crippen LogP contribution in [0.2, 0.25) is 0 Å². The molecule has 0 saturated heterocycles. The third-order valence-corrected chi connectivity index (χ3v) is 4.06. The molecule has 0 bridgehead atoms. The van der Waals surface area contributed by atoms with Crippen molar-refractivity contribution >= 4 is 16.8 Å². The van der Waals surface area contributed by atoms with Gasteiger partial charge < -0.3 is 15.2 Å². The largest absolute Gasteiger partial charge is 0.361 e. The predicted molar refractivity (Wildman–Crippen MR) is 87.6 cm³/mol. The average Bonchev–Trinajstić information content (AvgIpc) is 2.83. The lowest BCUT2D eigenvalue weighted by Gasteiger charge is -2.34. The van der Waals surface area contributed by atoms with E-state index in [4.69, 9.17) is 0 Å². The van der Waals surface area contributed by atoms with Crippen LogP contribution in [0.15, 0.2) is 30.5 Å². The molecule has 0 spiro atoms. The Bertz CT molecular complexity index is 628. The first-order valence-electron chi connectivity index (χ1n) is 7.32. The molecule has 0 fully saturated rings. The summed E-state index contributed by atoms with van der Waals surface area (Å²) in [5, 5.41) is 4.18. The van der Waals surface area contributed by atoms with E-state index in [0.29, 0.717) is 5.56 Å². The highest BCUT2D eigenvalue weighted by Crippen LogP contribution is 2.22. The van der Waals surface area contributed by atoms with Gasteiger partial charge in [-0.05, 0) is 50.7 Å². The Morgan fingerprint density at radius 2 is 2.05 bits per heavy atom. The summed E-state index contributed by atoms with van der Waals surface area (Å²) in [6.07, 6.45) is 1.88. The molecule has 0 radical (unpaired) electrons. The second kappa shape index (κ2) is 5.90. The minimum absolute atomic E-state index is 0.0113. The number of hydrogen-bond donors (Lipinski definition) is 2. The van der Waals surface area contributed by atoms with E-state index in [9.17, 15) is 4.79 Å². The van der Waals surface area contributed by atoms with Crippen LogP contribution in [0.5, 0.6) is 0 Å². The number of carbonyl (C=O) groups is 1. The first-order chi connectivity index (χ1) is 9.79. The van der Waals surface area contributed by atoms with Gasteiger partial charge in [0, 0.05) is 35.2 Å².